The van der Waals surface area contributed by atoms with Crippen molar-refractivity contribution in [3.8, 4) is 29.9 Å². The quantitative estimate of drug-likeness (QED) is 0.694. The van der Waals surface area contributed by atoms with E-state index in [1.807, 2.05) is 0 Å². The molecule has 0 atom stereocenters. The second-order valence-corrected chi connectivity index (χ2v) is 2.56. The van der Waals surface area contributed by atoms with Gasteiger partial charge in [-0.15, -0.1) is 6.42 Å². The molecule has 1 aromatic carbocycles. The van der Waals surface area contributed by atoms with Gasteiger partial charge < -0.3 is 10.1 Å². The fraction of sp³-hybridized carbons (Fsp3) is 0.0833. The van der Waals surface area contributed by atoms with Crippen molar-refractivity contribution in [1.29, 1.82) is 0 Å². The molecule has 0 fully saturated rings. The predicted molar refractivity (Wildman–Crippen MR) is 57.2 cm³/mol. The van der Waals surface area contributed by atoms with Crippen molar-refractivity contribution in [2.75, 3.05) is 7.05 Å². The van der Waals surface area contributed by atoms with Gasteiger partial charge in [-0.3, -0.25) is 0 Å². The number of hydrogen-bond donors (Lipinski definition) is 1. The molecule has 15 heavy (non-hydrogen) atoms. The van der Waals surface area contributed by atoms with Crippen LogP contribution in [0.1, 0.15) is 5.56 Å². The number of nitrogens with one attached hydrogen (secondary N) is 1. The molecule has 0 radical (unpaired) electrons. The minimum absolute atomic E-state index is 0.459. The topological polar surface area (TPSA) is 38.3 Å². The van der Waals surface area contributed by atoms with Crippen LogP contribution in [0.25, 0.3) is 0 Å². The number of benzene rings is 1. The number of rotatable bonds is 1. The Bertz CT molecular complexity index is 443. The Balaban J connectivity index is 2.73. The van der Waals surface area contributed by atoms with Gasteiger partial charge >= 0.3 is 6.09 Å². The van der Waals surface area contributed by atoms with Crippen LogP contribution >= 0.6 is 0 Å². The van der Waals surface area contributed by atoms with E-state index in [-0.39, 0.29) is 0 Å². The summed E-state index contributed by atoms with van der Waals surface area (Å²) in [7, 11) is 1.50. The van der Waals surface area contributed by atoms with E-state index < -0.39 is 6.09 Å². The lowest BCUT2D eigenvalue weighted by Gasteiger charge is -2.02. The van der Waals surface area contributed by atoms with Crippen LogP contribution in [0.15, 0.2) is 24.3 Å². The summed E-state index contributed by atoms with van der Waals surface area (Å²) in [5.41, 5.74) is 0.775. The van der Waals surface area contributed by atoms with E-state index in [0.29, 0.717) is 5.75 Å². The third-order valence-electron chi connectivity index (χ3n) is 1.55. The maximum Gasteiger partial charge on any atom is 0.412 e. The Labute approximate surface area is 88.4 Å². The van der Waals surface area contributed by atoms with Crippen molar-refractivity contribution >= 4 is 6.09 Å². The van der Waals surface area contributed by atoms with E-state index in [2.05, 4.69) is 23.1 Å². The molecule has 3 nitrogen and oxygen atoms in total. The molecule has 0 aliphatic rings. The number of carbonyl (C=O) groups is 1. The summed E-state index contributed by atoms with van der Waals surface area (Å²) in [5, 5.41) is 2.35. The van der Waals surface area contributed by atoms with Gasteiger partial charge in [-0.25, -0.2) is 4.79 Å². The number of hydrogen-bond acceptors (Lipinski definition) is 2. The highest BCUT2D eigenvalue weighted by atomic mass is 16.5. The minimum atomic E-state index is -0.502. The van der Waals surface area contributed by atoms with E-state index in [4.69, 9.17) is 11.2 Å². The molecule has 0 bridgehead atoms. The zero-order valence-corrected chi connectivity index (χ0v) is 8.20. The molecule has 3 heteroatoms. The van der Waals surface area contributed by atoms with Gasteiger partial charge in [-0.2, -0.15) is 0 Å². The SMILES string of the molecule is C#CC#Cc1ccc(OC(=O)NC)cc1. The van der Waals surface area contributed by atoms with Crippen molar-refractivity contribution in [2.45, 2.75) is 0 Å². The lowest BCUT2D eigenvalue weighted by molar-refractivity contribution is 0.203. The highest BCUT2D eigenvalue weighted by Crippen LogP contribution is 2.11. The fourth-order valence-corrected chi connectivity index (χ4v) is 0.873. The second-order valence-electron chi connectivity index (χ2n) is 2.56. The molecule has 1 amide bonds. The van der Waals surface area contributed by atoms with Crippen molar-refractivity contribution in [1.82, 2.24) is 5.32 Å². The van der Waals surface area contributed by atoms with Gasteiger partial charge in [-0.05, 0) is 36.1 Å². The third-order valence-corrected chi connectivity index (χ3v) is 1.55. The van der Waals surface area contributed by atoms with Crippen LogP contribution in [0.2, 0.25) is 0 Å². The zero-order chi connectivity index (χ0) is 11.1. The van der Waals surface area contributed by atoms with Gasteiger partial charge in [0.15, 0.2) is 0 Å². The number of ether oxygens (including phenoxy) is 1. The molecule has 1 rings (SSSR count). The largest absolute Gasteiger partial charge is 0.412 e. The van der Waals surface area contributed by atoms with E-state index >= 15 is 0 Å². The second kappa shape index (κ2) is 5.36. The van der Waals surface area contributed by atoms with E-state index in [1.165, 1.54) is 7.05 Å². The lowest BCUT2D eigenvalue weighted by Crippen LogP contribution is -2.21. The minimum Gasteiger partial charge on any atom is -0.410 e. The van der Waals surface area contributed by atoms with Crippen molar-refractivity contribution in [2.24, 2.45) is 0 Å². The maximum atomic E-state index is 10.9. The summed E-state index contributed by atoms with van der Waals surface area (Å²) < 4.78 is 4.88. The molecule has 0 saturated carbocycles. The summed E-state index contributed by atoms with van der Waals surface area (Å²) >= 11 is 0. The molecule has 0 aromatic heterocycles. The molecule has 1 aromatic rings. The molecule has 0 saturated heterocycles. The summed E-state index contributed by atoms with van der Waals surface area (Å²) in [4.78, 5) is 10.9. The molecule has 0 heterocycles. The monoisotopic (exact) mass is 199 g/mol. The molecular weight excluding hydrogens is 190 g/mol. The average molecular weight is 199 g/mol. The summed E-state index contributed by atoms with van der Waals surface area (Å²) in [6, 6.07) is 6.75. The Morgan fingerprint density at radius 1 is 1.40 bits per heavy atom. The Hall–Kier alpha value is -2.39. The van der Waals surface area contributed by atoms with Gasteiger partial charge in [0.2, 0.25) is 0 Å². The fourth-order valence-electron chi connectivity index (χ4n) is 0.873. The van der Waals surface area contributed by atoms with Crippen LogP contribution in [-0.2, 0) is 0 Å². The summed E-state index contributed by atoms with van der Waals surface area (Å²) in [6.07, 6.45) is 4.49. The number of amides is 1. The average Bonchev–Trinajstić information content (AvgIpc) is 2.28. The van der Waals surface area contributed by atoms with Gasteiger partial charge in [-0.1, -0.05) is 5.92 Å². The van der Waals surface area contributed by atoms with Crippen LogP contribution in [0, 0.1) is 24.2 Å². The van der Waals surface area contributed by atoms with Crippen LogP contribution < -0.4 is 10.1 Å². The van der Waals surface area contributed by atoms with Crippen LogP contribution in [-0.4, -0.2) is 13.1 Å². The van der Waals surface area contributed by atoms with Crippen LogP contribution in [0.3, 0.4) is 0 Å². The van der Waals surface area contributed by atoms with Gasteiger partial charge in [0.1, 0.15) is 5.75 Å². The van der Waals surface area contributed by atoms with Crippen molar-refractivity contribution in [3.63, 3.8) is 0 Å². The Kier molecular flexibility index (Phi) is 3.82. The standard InChI is InChI=1S/C12H9NO2/c1-3-4-5-10-6-8-11(9-7-10)15-12(14)13-2/h1,6-9H,2H3,(H,13,14). The highest BCUT2D eigenvalue weighted by molar-refractivity contribution is 5.69. The Morgan fingerprint density at radius 3 is 2.60 bits per heavy atom. The lowest BCUT2D eigenvalue weighted by atomic mass is 10.2. The van der Waals surface area contributed by atoms with Crippen molar-refractivity contribution < 1.29 is 9.53 Å². The van der Waals surface area contributed by atoms with E-state index in [9.17, 15) is 4.79 Å². The molecular formula is C12H9NO2. The van der Waals surface area contributed by atoms with Gasteiger partial charge in [0.25, 0.3) is 0 Å². The summed E-state index contributed by atoms with van der Waals surface area (Å²) in [6.45, 7) is 0. The molecule has 0 unspecified atom stereocenters. The van der Waals surface area contributed by atoms with Gasteiger partial charge in [0.05, 0.1) is 0 Å². The first-order valence-corrected chi connectivity index (χ1v) is 4.22. The number of terminal acetylenes is 1. The first-order valence-electron chi connectivity index (χ1n) is 4.22. The van der Waals surface area contributed by atoms with Crippen LogP contribution in [0.5, 0.6) is 5.75 Å². The molecule has 74 valence electrons. The first kappa shape index (κ1) is 10.7. The smallest absolute Gasteiger partial charge is 0.410 e. The zero-order valence-electron chi connectivity index (χ0n) is 8.20. The Morgan fingerprint density at radius 2 is 2.07 bits per heavy atom. The summed E-state index contributed by atoms with van der Waals surface area (Å²) in [5.74, 6) is 7.91. The maximum absolute atomic E-state index is 10.9. The van der Waals surface area contributed by atoms with Crippen molar-refractivity contribution in [3.05, 3.63) is 29.8 Å². The van der Waals surface area contributed by atoms with Gasteiger partial charge in [0, 0.05) is 12.6 Å². The first-order chi connectivity index (χ1) is 7.26. The third kappa shape index (κ3) is 3.46. The van der Waals surface area contributed by atoms with E-state index in [1.54, 1.807) is 24.3 Å². The number of carbonyl (C=O) groups excluding carboxylic acids is 1. The molecule has 0 aliphatic heterocycles. The van der Waals surface area contributed by atoms with E-state index in [0.717, 1.165) is 5.56 Å². The molecule has 1 N–H and O–H groups in total. The molecule has 0 spiro atoms. The van der Waals surface area contributed by atoms with Crippen LogP contribution in [0.4, 0.5) is 4.79 Å². The molecule has 0 aliphatic carbocycles. The highest BCUT2D eigenvalue weighted by Gasteiger charge is 1.99. The predicted octanol–water partition coefficient (Wildman–Crippen LogP) is 1.39. The normalized spacial score (nSPS) is 8.00.